The smallest absolute Gasteiger partial charge is 0.136 e. The summed E-state index contributed by atoms with van der Waals surface area (Å²) in [6.45, 7) is 8.72. The molecular formula is C16H23N3O. The second kappa shape index (κ2) is 5.67. The largest absolute Gasteiger partial charge is 0.508 e. The lowest BCUT2D eigenvalue weighted by Crippen LogP contribution is -2.39. The number of nitrogens with two attached hydrogens (primary N) is 1. The monoisotopic (exact) mass is 273 g/mol. The van der Waals surface area contributed by atoms with Gasteiger partial charge < -0.3 is 15.7 Å². The van der Waals surface area contributed by atoms with Crippen molar-refractivity contribution in [2.75, 3.05) is 24.5 Å². The predicted molar refractivity (Wildman–Crippen MR) is 84.1 cm³/mol. The topological polar surface area (TPSA) is 62.4 Å². The Balaban J connectivity index is 2.46. The molecule has 0 spiro atoms. The Labute approximate surface area is 120 Å². The summed E-state index contributed by atoms with van der Waals surface area (Å²) in [5, 5.41) is 11.8. The van der Waals surface area contributed by atoms with E-state index in [1.165, 1.54) is 0 Å². The molecule has 1 aromatic heterocycles. The summed E-state index contributed by atoms with van der Waals surface area (Å²) in [4.78, 5) is 6.73. The van der Waals surface area contributed by atoms with Crippen molar-refractivity contribution in [2.45, 2.75) is 20.8 Å². The fourth-order valence-corrected chi connectivity index (χ4v) is 2.31. The third-order valence-electron chi connectivity index (χ3n) is 3.58. The number of aromatic nitrogens is 1. The second-order valence-corrected chi connectivity index (χ2v) is 5.92. The van der Waals surface area contributed by atoms with E-state index in [-0.39, 0.29) is 11.2 Å². The summed E-state index contributed by atoms with van der Waals surface area (Å²) in [5.41, 5.74) is 5.86. The molecule has 0 radical (unpaired) electrons. The minimum atomic E-state index is 0.0245. The molecular weight excluding hydrogens is 250 g/mol. The van der Waals surface area contributed by atoms with Crippen LogP contribution in [-0.2, 0) is 0 Å². The van der Waals surface area contributed by atoms with Crippen LogP contribution >= 0.6 is 0 Å². The third-order valence-corrected chi connectivity index (χ3v) is 3.58. The summed E-state index contributed by atoms with van der Waals surface area (Å²) in [5.74, 6) is 1.17. The van der Waals surface area contributed by atoms with Crippen LogP contribution in [0.4, 0.5) is 5.82 Å². The molecule has 2 rings (SSSR count). The summed E-state index contributed by atoms with van der Waals surface area (Å²) in [7, 11) is 0. The zero-order valence-electron chi connectivity index (χ0n) is 12.4. The highest BCUT2D eigenvalue weighted by Gasteiger charge is 2.21. The van der Waals surface area contributed by atoms with Gasteiger partial charge in [-0.15, -0.1) is 0 Å². The van der Waals surface area contributed by atoms with E-state index in [1.54, 1.807) is 12.1 Å². The lowest BCUT2D eigenvalue weighted by molar-refractivity contribution is 0.379. The average Bonchev–Trinajstić information content (AvgIpc) is 2.44. The first-order valence-corrected chi connectivity index (χ1v) is 6.99. The zero-order valence-corrected chi connectivity index (χ0v) is 12.4. The van der Waals surface area contributed by atoms with Gasteiger partial charge in [0.05, 0.1) is 0 Å². The van der Waals surface area contributed by atoms with Gasteiger partial charge in [-0.05, 0) is 42.5 Å². The summed E-state index contributed by atoms with van der Waals surface area (Å²) in [6.07, 6.45) is 1.81. The minimum Gasteiger partial charge on any atom is -0.508 e. The van der Waals surface area contributed by atoms with Gasteiger partial charge in [0.15, 0.2) is 0 Å². The predicted octanol–water partition coefficient (Wildman–Crippen LogP) is 2.75. The highest BCUT2D eigenvalue weighted by molar-refractivity contribution is 5.93. The fourth-order valence-electron chi connectivity index (χ4n) is 2.31. The molecule has 0 bridgehead atoms. The molecule has 0 amide bonds. The van der Waals surface area contributed by atoms with Gasteiger partial charge in [-0.2, -0.15) is 0 Å². The number of pyridine rings is 1. The maximum atomic E-state index is 9.72. The number of benzene rings is 1. The quantitative estimate of drug-likeness (QED) is 0.879. The first-order valence-electron chi connectivity index (χ1n) is 6.99. The molecule has 0 unspecified atom stereocenters. The van der Waals surface area contributed by atoms with E-state index in [4.69, 9.17) is 5.73 Å². The standard InChI is InChI=1S/C16H23N3O/c1-4-19(11-16(2,3)10-17)15-14-9-13(20)6-5-12(14)7-8-18-15/h5-9,20H,4,10-11,17H2,1-3H3. The van der Waals surface area contributed by atoms with Crippen LogP contribution in [0.5, 0.6) is 5.75 Å². The molecule has 0 atom stereocenters. The molecule has 0 saturated heterocycles. The van der Waals surface area contributed by atoms with Crippen molar-refractivity contribution in [1.29, 1.82) is 0 Å². The van der Waals surface area contributed by atoms with E-state index in [9.17, 15) is 5.11 Å². The molecule has 0 aliphatic carbocycles. The molecule has 2 aromatic rings. The van der Waals surface area contributed by atoms with Crippen molar-refractivity contribution in [3.8, 4) is 5.75 Å². The van der Waals surface area contributed by atoms with E-state index >= 15 is 0 Å². The molecule has 0 aliphatic heterocycles. The molecule has 1 aromatic carbocycles. The fraction of sp³-hybridized carbons (Fsp3) is 0.438. The number of phenols is 1. The maximum absolute atomic E-state index is 9.72. The van der Waals surface area contributed by atoms with E-state index in [2.05, 4.69) is 30.7 Å². The van der Waals surface area contributed by atoms with Crippen LogP contribution in [0.15, 0.2) is 30.5 Å². The van der Waals surface area contributed by atoms with Gasteiger partial charge in [-0.3, -0.25) is 0 Å². The number of hydrogen-bond acceptors (Lipinski definition) is 4. The number of aromatic hydroxyl groups is 1. The van der Waals surface area contributed by atoms with Gasteiger partial charge in [0, 0.05) is 24.7 Å². The van der Waals surface area contributed by atoms with Crippen molar-refractivity contribution in [3.05, 3.63) is 30.5 Å². The molecule has 4 nitrogen and oxygen atoms in total. The van der Waals surface area contributed by atoms with Crippen molar-refractivity contribution < 1.29 is 5.11 Å². The van der Waals surface area contributed by atoms with E-state index in [0.29, 0.717) is 6.54 Å². The van der Waals surface area contributed by atoms with Gasteiger partial charge in [-0.25, -0.2) is 4.98 Å². The molecule has 0 aliphatic rings. The maximum Gasteiger partial charge on any atom is 0.136 e. The van der Waals surface area contributed by atoms with Crippen LogP contribution in [0.1, 0.15) is 20.8 Å². The number of anilines is 1. The highest BCUT2D eigenvalue weighted by atomic mass is 16.3. The van der Waals surface area contributed by atoms with E-state index in [0.717, 1.165) is 29.7 Å². The Morgan fingerprint density at radius 2 is 2.05 bits per heavy atom. The van der Waals surface area contributed by atoms with Crippen molar-refractivity contribution >= 4 is 16.6 Å². The Kier molecular flexibility index (Phi) is 4.14. The van der Waals surface area contributed by atoms with Crippen molar-refractivity contribution in [3.63, 3.8) is 0 Å². The first-order chi connectivity index (χ1) is 9.46. The average molecular weight is 273 g/mol. The first kappa shape index (κ1) is 14.6. The number of nitrogens with zero attached hydrogens (tertiary/aromatic N) is 2. The molecule has 0 saturated carbocycles. The van der Waals surface area contributed by atoms with Gasteiger partial charge in [-0.1, -0.05) is 19.9 Å². The Morgan fingerprint density at radius 1 is 1.30 bits per heavy atom. The molecule has 0 fully saturated rings. The van der Waals surface area contributed by atoms with Gasteiger partial charge in [0.1, 0.15) is 11.6 Å². The molecule has 3 N–H and O–H groups in total. The summed E-state index contributed by atoms with van der Waals surface area (Å²) in [6, 6.07) is 7.35. The normalized spacial score (nSPS) is 11.8. The van der Waals surface area contributed by atoms with Crippen LogP contribution < -0.4 is 10.6 Å². The van der Waals surface area contributed by atoms with Crippen LogP contribution in [0.25, 0.3) is 10.8 Å². The summed E-state index contributed by atoms with van der Waals surface area (Å²) >= 11 is 0. The van der Waals surface area contributed by atoms with Crippen molar-refractivity contribution in [1.82, 2.24) is 4.98 Å². The second-order valence-electron chi connectivity index (χ2n) is 5.92. The molecule has 4 heteroatoms. The molecule has 108 valence electrons. The third kappa shape index (κ3) is 3.02. The van der Waals surface area contributed by atoms with Crippen molar-refractivity contribution in [2.24, 2.45) is 11.1 Å². The van der Waals surface area contributed by atoms with Crippen LogP contribution in [-0.4, -0.2) is 29.7 Å². The van der Waals surface area contributed by atoms with Crippen LogP contribution in [0, 0.1) is 5.41 Å². The molecule has 1 heterocycles. The number of fused-ring (bicyclic) bond motifs is 1. The van der Waals surface area contributed by atoms with Gasteiger partial charge in [0.2, 0.25) is 0 Å². The lowest BCUT2D eigenvalue weighted by Gasteiger charge is -2.32. The van der Waals surface area contributed by atoms with E-state index < -0.39 is 0 Å². The number of hydrogen-bond donors (Lipinski definition) is 2. The van der Waals surface area contributed by atoms with Gasteiger partial charge in [0.25, 0.3) is 0 Å². The molecule has 20 heavy (non-hydrogen) atoms. The van der Waals surface area contributed by atoms with Crippen LogP contribution in [0.2, 0.25) is 0 Å². The minimum absolute atomic E-state index is 0.0245. The highest BCUT2D eigenvalue weighted by Crippen LogP contribution is 2.29. The Morgan fingerprint density at radius 3 is 2.70 bits per heavy atom. The Hall–Kier alpha value is -1.81. The summed E-state index contributed by atoms with van der Waals surface area (Å²) < 4.78 is 0. The van der Waals surface area contributed by atoms with Crippen LogP contribution in [0.3, 0.4) is 0 Å². The SMILES string of the molecule is CCN(CC(C)(C)CN)c1nccc2ccc(O)cc12. The van der Waals surface area contributed by atoms with Gasteiger partial charge >= 0.3 is 0 Å². The lowest BCUT2D eigenvalue weighted by atomic mass is 9.93. The van der Waals surface area contributed by atoms with E-state index in [1.807, 2.05) is 18.3 Å². The number of rotatable bonds is 5. The number of phenolic OH excluding ortho intramolecular Hbond substituents is 1. The Bertz CT molecular complexity index is 595. The zero-order chi connectivity index (χ0) is 14.8.